The zero-order valence-corrected chi connectivity index (χ0v) is 12.6. The van der Waals surface area contributed by atoms with Gasteiger partial charge in [0.2, 0.25) is 0 Å². The first-order valence-electron chi connectivity index (χ1n) is 0.678. The predicted octanol–water partition coefficient (Wildman–Crippen LogP) is -2.27. The second kappa shape index (κ2) is 15.6. The molecule has 0 rings (SSSR count). The summed E-state index contributed by atoms with van der Waals surface area (Å²) in [4.78, 5) is 9.00. The maximum atomic E-state index is 9.00. The van der Waals surface area contributed by atoms with Gasteiger partial charge in [0.15, 0.2) is 0 Å². The molecule has 0 fully saturated rings. The zero-order valence-electron chi connectivity index (χ0n) is 3.72. The Morgan fingerprint density at radius 2 is 1.57 bits per heavy atom. The van der Waals surface area contributed by atoms with Crippen LogP contribution < -0.4 is 0 Å². The van der Waals surface area contributed by atoms with Gasteiger partial charge < -0.3 is 13.5 Å². The molecule has 0 spiro atoms. The third-order valence-electron chi connectivity index (χ3n) is 0. The summed E-state index contributed by atoms with van der Waals surface area (Å²) < 4.78 is -0.833. The Morgan fingerprint density at radius 1 is 1.57 bits per heavy atom. The van der Waals surface area contributed by atoms with Gasteiger partial charge in [-0.3, -0.25) is 0 Å². The average Bonchev–Trinajstić information content (AvgIpc) is 0.811. The summed E-state index contributed by atoms with van der Waals surface area (Å²) in [6.07, 6.45) is 0. The normalized spacial score (nSPS) is 3.57. The van der Waals surface area contributed by atoms with E-state index in [4.69, 9.17) is 9.90 Å². The standard InChI is InChI=1S/CH2AsO2.Ga.GeH2.H2S.H/c2-1(3)4;;;;/h2H,(H,3,4);;2*1H2;/p-1. The SMILES string of the molecule is O=C(O)[AsH].[GaH].[GeH2].[SH-]. The van der Waals surface area contributed by atoms with Crippen molar-refractivity contribution in [3.8, 4) is 0 Å². The van der Waals surface area contributed by atoms with E-state index in [-0.39, 0.29) is 50.9 Å². The van der Waals surface area contributed by atoms with Crippen LogP contribution in [0.3, 0.4) is 0 Å². The first kappa shape index (κ1) is 23.5. The van der Waals surface area contributed by atoms with E-state index in [9.17, 15) is 0 Å². The van der Waals surface area contributed by atoms with Gasteiger partial charge in [0.25, 0.3) is 0 Å². The molecule has 1 N–H and O–H groups in total. The van der Waals surface area contributed by atoms with E-state index in [1.54, 1.807) is 0 Å². The molecule has 0 aromatic rings. The van der Waals surface area contributed by atoms with Gasteiger partial charge in [0, 0.05) is 0 Å². The van der Waals surface area contributed by atoms with Crippen molar-refractivity contribution in [3.63, 3.8) is 0 Å². The van der Waals surface area contributed by atoms with Gasteiger partial charge in [-0.1, -0.05) is 0 Å². The minimum absolute atomic E-state index is 0. The quantitative estimate of drug-likeness (QED) is 0.311. The van der Waals surface area contributed by atoms with Crippen LogP contribution >= 0.6 is 0 Å². The molecule has 0 unspecified atom stereocenters. The van der Waals surface area contributed by atoms with Crippen molar-refractivity contribution in [2.24, 2.45) is 0 Å². The Kier molecular flexibility index (Phi) is 52.6. The summed E-state index contributed by atoms with van der Waals surface area (Å²) in [6, 6.07) is 0. The summed E-state index contributed by atoms with van der Waals surface area (Å²) in [7, 11) is 0. The Hall–Kier alpha value is 1.56. The summed E-state index contributed by atoms with van der Waals surface area (Å²) in [5, 5.41) is 7.42. The van der Waals surface area contributed by atoms with Gasteiger partial charge in [-0.05, 0) is 0 Å². The van der Waals surface area contributed by atoms with Gasteiger partial charge in [-0.15, -0.1) is 0 Å². The third kappa shape index (κ3) is 96.2. The molecule has 0 saturated heterocycles. The van der Waals surface area contributed by atoms with Crippen LogP contribution in [0, 0.1) is 0 Å². The number of thiol groups is 1. The first-order chi connectivity index (χ1) is 1.73. The van der Waals surface area contributed by atoms with Crippen LogP contribution in [-0.2, 0) is 13.5 Å². The average molecular weight is 299 g/mol. The Bertz CT molecular complexity index is 40.7. The third-order valence-corrected chi connectivity index (χ3v) is 0. The molecular formula is CH6AsGaGeO2S-. The minimum Gasteiger partial charge on any atom is -0.813 e. The molecule has 0 atom stereocenters. The van der Waals surface area contributed by atoms with Crippen LogP contribution in [-0.4, -0.2) is 64.1 Å². The topological polar surface area (TPSA) is 37.3 Å². The van der Waals surface area contributed by atoms with Crippen molar-refractivity contribution in [1.82, 2.24) is 0 Å². The molecule has 5 radical (unpaired) electrons. The molecule has 0 aliphatic carbocycles. The van der Waals surface area contributed by atoms with Gasteiger partial charge in [0.1, 0.15) is 0 Å². The predicted molar refractivity (Wildman–Crippen MR) is 39.6 cm³/mol. The molecule has 41 valence electrons. The molecule has 0 saturated carbocycles. The Labute approximate surface area is 81.8 Å². The monoisotopic (exact) mass is 300 g/mol. The molecule has 0 aromatic carbocycles. The fourth-order valence-corrected chi connectivity index (χ4v) is 0. The number of carbonyl (C=O) groups is 1. The summed E-state index contributed by atoms with van der Waals surface area (Å²) in [5.41, 5.74) is 0. The van der Waals surface area contributed by atoms with E-state index in [1.165, 1.54) is 0 Å². The van der Waals surface area contributed by atoms with Crippen molar-refractivity contribution in [2.45, 2.75) is 0 Å². The van der Waals surface area contributed by atoms with Crippen LogP contribution in [0.1, 0.15) is 0 Å². The van der Waals surface area contributed by atoms with Gasteiger partial charge in [-0.2, -0.15) is 0 Å². The Balaban J connectivity index is -0.0000000150. The maximum absolute atomic E-state index is 9.00. The van der Waals surface area contributed by atoms with E-state index in [0.717, 1.165) is 16.9 Å². The van der Waals surface area contributed by atoms with Crippen molar-refractivity contribution in [1.29, 1.82) is 0 Å². The van der Waals surface area contributed by atoms with Crippen LogP contribution in [0.2, 0.25) is 0 Å². The van der Waals surface area contributed by atoms with E-state index >= 15 is 0 Å². The van der Waals surface area contributed by atoms with Crippen molar-refractivity contribution in [2.75, 3.05) is 0 Å². The van der Waals surface area contributed by atoms with Crippen molar-refractivity contribution >= 4 is 72.5 Å². The molecule has 6 heteroatoms. The van der Waals surface area contributed by atoms with E-state index < -0.39 is 4.76 Å². The van der Waals surface area contributed by atoms with Crippen molar-refractivity contribution in [3.05, 3.63) is 0 Å². The summed E-state index contributed by atoms with van der Waals surface area (Å²) >= 11 is 1.08. The van der Waals surface area contributed by atoms with Gasteiger partial charge in [0.05, 0.1) is 0 Å². The fourth-order valence-electron chi connectivity index (χ4n) is 0. The first-order valence-corrected chi connectivity index (χ1v) is 1.73. The largest absolute Gasteiger partial charge is 0.813 e. The molecule has 0 bridgehead atoms. The Morgan fingerprint density at radius 3 is 1.57 bits per heavy atom. The van der Waals surface area contributed by atoms with Crippen molar-refractivity contribution < 1.29 is 9.90 Å². The molecule has 0 amide bonds. The van der Waals surface area contributed by atoms with E-state index in [2.05, 4.69) is 0 Å². The molecular weight excluding hydrogens is 293 g/mol. The molecule has 0 aliphatic rings. The maximum Gasteiger partial charge on any atom is -0.813 e. The number of carboxylic acid groups (broad SMARTS) is 1. The van der Waals surface area contributed by atoms with Crippen LogP contribution in [0.15, 0.2) is 0 Å². The summed E-state index contributed by atoms with van der Waals surface area (Å²) in [5.74, 6) is 0. The minimum atomic E-state index is -0.833. The van der Waals surface area contributed by atoms with E-state index in [1.807, 2.05) is 0 Å². The smallest absolute Gasteiger partial charge is 0.813 e. The van der Waals surface area contributed by atoms with E-state index in [0.29, 0.717) is 0 Å². The second-order valence-electron chi connectivity index (χ2n) is 0.305. The fraction of sp³-hybridized carbons (Fsp3) is 0. The molecule has 0 aromatic heterocycles. The number of hydrogen-bond donors (Lipinski definition) is 1. The van der Waals surface area contributed by atoms with Crippen LogP contribution in [0.4, 0.5) is 4.79 Å². The molecule has 0 heterocycles. The number of hydrogen-bond acceptors (Lipinski definition) is 2. The second-order valence-corrected chi connectivity index (χ2v) is 1.20. The van der Waals surface area contributed by atoms with Gasteiger partial charge in [-0.25, -0.2) is 0 Å². The molecule has 2 nitrogen and oxygen atoms in total. The van der Waals surface area contributed by atoms with Crippen LogP contribution in [0.25, 0.3) is 0 Å². The molecule has 0 aliphatic heterocycles. The summed E-state index contributed by atoms with van der Waals surface area (Å²) in [6.45, 7) is 0. The van der Waals surface area contributed by atoms with Crippen LogP contribution in [0.5, 0.6) is 0 Å². The van der Waals surface area contributed by atoms with Gasteiger partial charge >= 0.3 is 68.9 Å². The molecule has 7 heavy (non-hydrogen) atoms. The number of rotatable bonds is 0. The zero-order chi connectivity index (χ0) is 3.58.